The lowest BCUT2D eigenvalue weighted by atomic mass is 9.87. The number of amides is 2. The number of piperidine rings is 1. The summed E-state index contributed by atoms with van der Waals surface area (Å²) in [6, 6.07) is 0. The molecule has 2 amide bonds. The fourth-order valence-electron chi connectivity index (χ4n) is 4.74. The number of rotatable bonds is 7. The first kappa shape index (κ1) is 18.5. The second kappa shape index (κ2) is 8.03. The predicted octanol–water partition coefficient (Wildman–Crippen LogP) is 2.60. The van der Waals surface area contributed by atoms with Gasteiger partial charge in [0.25, 0.3) is 0 Å². The van der Waals surface area contributed by atoms with Gasteiger partial charge in [0.05, 0.1) is 12.2 Å². The lowest BCUT2D eigenvalue weighted by Crippen LogP contribution is -2.48. The zero-order valence-corrected chi connectivity index (χ0v) is 16.2. The van der Waals surface area contributed by atoms with Crippen molar-refractivity contribution < 1.29 is 9.59 Å². The molecule has 27 heavy (non-hydrogen) atoms. The summed E-state index contributed by atoms with van der Waals surface area (Å²) in [4.78, 5) is 31.2. The highest BCUT2D eigenvalue weighted by Gasteiger charge is 2.43. The summed E-state index contributed by atoms with van der Waals surface area (Å²) < 4.78 is 2.10. The molecule has 1 atom stereocenters. The number of nitrogens with one attached hydrogen (secondary N) is 1. The summed E-state index contributed by atoms with van der Waals surface area (Å²) in [5.74, 6) is 0.959. The van der Waals surface area contributed by atoms with Crippen molar-refractivity contribution in [3.8, 4) is 0 Å². The molecule has 2 aliphatic carbocycles. The Morgan fingerprint density at radius 2 is 2.04 bits per heavy atom. The summed E-state index contributed by atoms with van der Waals surface area (Å²) in [5.41, 5.74) is 0.197. The second-order valence-corrected chi connectivity index (χ2v) is 8.99. The Labute approximate surface area is 161 Å². The van der Waals surface area contributed by atoms with Crippen LogP contribution in [0.2, 0.25) is 0 Å². The van der Waals surface area contributed by atoms with Gasteiger partial charge in [-0.3, -0.25) is 9.59 Å². The van der Waals surface area contributed by atoms with Crippen molar-refractivity contribution in [2.75, 3.05) is 19.6 Å². The molecule has 0 spiro atoms. The van der Waals surface area contributed by atoms with Gasteiger partial charge in [-0.1, -0.05) is 19.3 Å². The molecule has 2 saturated carbocycles. The third-order valence-electron chi connectivity index (χ3n) is 6.75. The molecular weight excluding hydrogens is 340 g/mol. The molecule has 0 radical (unpaired) electrons. The Morgan fingerprint density at radius 3 is 2.74 bits per heavy atom. The first-order chi connectivity index (χ1) is 13.1. The molecule has 1 aromatic rings. The van der Waals surface area contributed by atoms with Crippen LogP contribution in [0.4, 0.5) is 0 Å². The van der Waals surface area contributed by atoms with E-state index in [1.54, 1.807) is 6.20 Å². The number of imidazole rings is 1. The van der Waals surface area contributed by atoms with Gasteiger partial charge in [-0.15, -0.1) is 0 Å². The SMILES string of the molecule is O=C(NCC1(Cn2ccnc2)CC1)[C@@H]1CCC(=O)N(CC2CCCCC2)C1. The van der Waals surface area contributed by atoms with E-state index in [9.17, 15) is 9.59 Å². The van der Waals surface area contributed by atoms with Crippen LogP contribution >= 0.6 is 0 Å². The largest absolute Gasteiger partial charge is 0.355 e. The maximum Gasteiger partial charge on any atom is 0.224 e. The quantitative estimate of drug-likeness (QED) is 0.800. The van der Waals surface area contributed by atoms with E-state index < -0.39 is 0 Å². The fraction of sp³-hybridized carbons (Fsp3) is 0.762. The van der Waals surface area contributed by atoms with Crippen LogP contribution in [0, 0.1) is 17.3 Å². The second-order valence-electron chi connectivity index (χ2n) is 8.99. The average molecular weight is 373 g/mol. The molecule has 1 aromatic heterocycles. The van der Waals surface area contributed by atoms with Gasteiger partial charge >= 0.3 is 0 Å². The molecular formula is C21H32N4O2. The summed E-state index contributed by atoms with van der Waals surface area (Å²) in [6.45, 7) is 3.12. The summed E-state index contributed by atoms with van der Waals surface area (Å²) in [5, 5.41) is 3.20. The van der Waals surface area contributed by atoms with Gasteiger partial charge < -0.3 is 14.8 Å². The highest BCUT2D eigenvalue weighted by atomic mass is 16.2. The van der Waals surface area contributed by atoms with Crippen molar-refractivity contribution in [3.05, 3.63) is 18.7 Å². The monoisotopic (exact) mass is 372 g/mol. The van der Waals surface area contributed by atoms with Gasteiger partial charge in [-0.05, 0) is 38.0 Å². The Morgan fingerprint density at radius 1 is 1.22 bits per heavy atom. The maximum atomic E-state index is 12.8. The van der Waals surface area contributed by atoms with E-state index in [4.69, 9.17) is 0 Å². The molecule has 3 aliphatic rings. The van der Waals surface area contributed by atoms with Gasteiger partial charge in [0.1, 0.15) is 0 Å². The van der Waals surface area contributed by atoms with Crippen LogP contribution in [0.3, 0.4) is 0 Å². The Kier molecular flexibility index (Phi) is 5.50. The maximum absolute atomic E-state index is 12.8. The van der Waals surface area contributed by atoms with E-state index in [1.165, 1.54) is 32.1 Å². The molecule has 4 rings (SSSR count). The Bertz CT molecular complexity index is 647. The number of nitrogens with zero attached hydrogens (tertiary/aromatic N) is 3. The van der Waals surface area contributed by atoms with Crippen LogP contribution in [0.15, 0.2) is 18.7 Å². The van der Waals surface area contributed by atoms with Crippen LogP contribution in [-0.4, -0.2) is 45.9 Å². The van der Waals surface area contributed by atoms with Crippen molar-refractivity contribution in [1.29, 1.82) is 0 Å². The lowest BCUT2D eigenvalue weighted by molar-refractivity contribution is -0.139. The van der Waals surface area contributed by atoms with Crippen LogP contribution in [0.5, 0.6) is 0 Å². The van der Waals surface area contributed by atoms with E-state index in [2.05, 4.69) is 14.9 Å². The number of likely N-dealkylation sites (tertiary alicyclic amines) is 1. The molecule has 1 aliphatic heterocycles. The van der Waals surface area contributed by atoms with Crippen molar-refractivity contribution >= 4 is 11.8 Å². The first-order valence-electron chi connectivity index (χ1n) is 10.6. The molecule has 6 nitrogen and oxygen atoms in total. The zero-order chi connectivity index (χ0) is 18.7. The standard InChI is InChI=1S/C21H32N4O2/c26-19-7-6-18(13-25(19)12-17-4-2-1-3-5-17)20(27)23-14-21(8-9-21)15-24-11-10-22-16-24/h10-11,16-18H,1-9,12-15H2,(H,23,27)/t18-/m1/s1. The lowest BCUT2D eigenvalue weighted by Gasteiger charge is -2.35. The molecule has 0 unspecified atom stereocenters. The van der Waals surface area contributed by atoms with Gasteiger partial charge in [0, 0.05) is 50.4 Å². The van der Waals surface area contributed by atoms with Crippen molar-refractivity contribution in [3.63, 3.8) is 0 Å². The summed E-state index contributed by atoms with van der Waals surface area (Å²) >= 11 is 0. The number of aromatic nitrogens is 2. The van der Waals surface area contributed by atoms with Crippen molar-refractivity contribution in [2.24, 2.45) is 17.3 Å². The van der Waals surface area contributed by atoms with Gasteiger partial charge in [-0.2, -0.15) is 0 Å². The van der Waals surface area contributed by atoms with Gasteiger partial charge in [0.2, 0.25) is 11.8 Å². The number of hydrogen-bond donors (Lipinski definition) is 1. The van der Waals surface area contributed by atoms with E-state index in [0.29, 0.717) is 25.3 Å². The van der Waals surface area contributed by atoms with Crippen molar-refractivity contribution in [2.45, 2.75) is 64.3 Å². The fourth-order valence-corrected chi connectivity index (χ4v) is 4.74. The molecule has 1 saturated heterocycles. The smallest absolute Gasteiger partial charge is 0.224 e. The minimum atomic E-state index is -0.0460. The minimum Gasteiger partial charge on any atom is -0.355 e. The van der Waals surface area contributed by atoms with Crippen molar-refractivity contribution in [1.82, 2.24) is 19.8 Å². The van der Waals surface area contributed by atoms with Gasteiger partial charge in [0.15, 0.2) is 0 Å². The molecule has 0 aromatic carbocycles. The van der Waals surface area contributed by atoms with E-state index in [1.807, 2.05) is 17.4 Å². The molecule has 2 heterocycles. The first-order valence-corrected chi connectivity index (χ1v) is 10.6. The number of carbonyl (C=O) groups excluding carboxylic acids is 2. The molecule has 6 heteroatoms. The number of carbonyl (C=O) groups is 2. The summed E-state index contributed by atoms with van der Waals surface area (Å²) in [7, 11) is 0. The van der Waals surface area contributed by atoms with E-state index >= 15 is 0 Å². The van der Waals surface area contributed by atoms with Crippen LogP contribution in [-0.2, 0) is 16.1 Å². The molecule has 3 fully saturated rings. The minimum absolute atomic E-state index is 0.0460. The normalized spacial score (nSPS) is 25.4. The molecule has 148 valence electrons. The van der Waals surface area contributed by atoms with Crippen LogP contribution < -0.4 is 5.32 Å². The van der Waals surface area contributed by atoms with Crippen LogP contribution in [0.1, 0.15) is 57.8 Å². The van der Waals surface area contributed by atoms with Gasteiger partial charge in [-0.25, -0.2) is 4.98 Å². The zero-order valence-electron chi connectivity index (χ0n) is 16.2. The number of hydrogen-bond acceptors (Lipinski definition) is 3. The third kappa shape index (κ3) is 4.71. The topological polar surface area (TPSA) is 67.2 Å². The average Bonchev–Trinajstić information content (AvgIpc) is 3.25. The third-order valence-corrected chi connectivity index (χ3v) is 6.75. The van der Waals surface area contributed by atoms with E-state index in [0.717, 1.165) is 32.5 Å². The molecule has 1 N–H and O–H groups in total. The highest BCUT2D eigenvalue weighted by molar-refractivity contribution is 5.83. The predicted molar refractivity (Wildman–Crippen MR) is 103 cm³/mol. The van der Waals surface area contributed by atoms with Crippen LogP contribution in [0.25, 0.3) is 0 Å². The highest BCUT2D eigenvalue weighted by Crippen LogP contribution is 2.46. The van der Waals surface area contributed by atoms with E-state index in [-0.39, 0.29) is 23.1 Å². The Balaban J connectivity index is 1.26. The Hall–Kier alpha value is -1.85. The summed E-state index contributed by atoms with van der Waals surface area (Å²) in [6.07, 6.45) is 15.5. The molecule has 0 bridgehead atoms.